The third kappa shape index (κ3) is 3.54. The highest BCUT2D eigenvalue weighted by molar-refractivity contribution is 5.01. The Labute approximate surface area is 120 Å². The molecule has 2 fully saturated rings. The highest BCUT2D eigenvalue weighted by atomic mass is 14.9. The average Bonchev–Trinajstić information content (AvgIpc) is 2.54. The van der Waals surface area contributed by atoms with Gasteiger partial charge in [-0.1, -0.05) is 53.4 Å². The molecule has 1 aliphatic carbocycles. The SMILES string of the molecule is CC(C)CCCC(C)[C@H]1CC[C@H]2NCCCC[C@]12C. The van der Waals surface area contributed by atoms with Crippen molar-refractivity contribution in [1.82, 2.24) is 5.32 Å². The molecule has 0 aromatic carbocycles. The summed E-state index contributed by atoms with van der Waals surface area (Å²) in [7, 11) is 0. The molecule has 1 aliphatic heterocycles. The van der Waals surface area contributed by atoms with E-state index in [0.717, 1.165) is 23.8 Å². The molecule has 0 bridgehead atoms. The molecular weight excluding hydrogens is 230 g/mol. The fourth-order valence-electron chi connectivity index (χ4n) is 4.85. The molecule has 0 amide bonds. The van der Waals surface area contributed by atoms with Crippen LogP contribution in [0.1, 0.15) is 79.1 Å². The van der Waals surface area contributed by atoms with E-state index < -0.39 is 0 Å². The third-order valence-electron chi connectivity index (χ3n) is 6.07. The Hall–Kier alpha value is -0.0400. The van der Waals surface area contributed by atoms with Crippen molar-refractivity contribution in [3.05, 3.63) is 0 Å². The summed E-state index contributed by atoms with van der Waals surface area (Å²) in [5.74, 6) is 2.77. The van der Waals surface area contributed by atoms with Crippen molar-refractivity contribution in [2.75, 3.05) is 6.54 Å². The zero-order valence-corrected chi connectivity index (χ0v) is 13.7. The van der Waals surface area contributed by atoms with Gasteiger partial charge in [0.25, 0.3) is 0 Å². The summed E-state index contributed by atoms with van der Waals surface area (Å²) in [5, 5.41) is 3.84. The monoisotopic (exact) mass is 265 g/mol. The van der Waals surface area contributed by atoms with Gasteiger partial charge in [-0.3, -0.25) is 0 Å². The molecule has 2 aliphatic rings. The van der Waals surface area contributed by atoms with E-state index in [1.807, 2.05) is 0 Å². The fourth-order valence-corrected chi connectivity index (χ4v) is 4.85. The summed E-state index contributed by atoms with van der Waals surface area (Å²) >= 11 is 0. The third-order valence-corrected chi connectivity index (χ3v) is 6.07. The van der Waals surface area contributed by atoms with E-state index >= 15 is 0 Å². The van der Waals surface area contributed by atoms with Crippen LogP contribution in [0.4, 0.5) is 0 Å². The maximum absolute atomic E-state index is 3.84. The van der Waals surface area contributed by atoms with E-state index in [1.165, 1.54) is 57.9 Å². The summed E-state index contributed by atoms with van der Waals surface area (Å²) < 4.78 is 0. The first kappa shape index (κ1) is 15.4. The highest BCUT2D eigenvalue weighted by Gasteiger charge is 2.48. The number of nitrogens with one attached hydrogen (secondary N) is 1. The molecule has 0 radical (unpaired) electrons. The van der Waals surface area contributed by atoms with Gasteiger partial charge in [-0.2, -0.15) is 0 Å². The molecular formula is C18H35N. The van der Waals surface area contributed by atoms with Crippen molar-refractivity contribution in [1.29, 1.82) is 0 Å². The lowest BCUT2D eigenvalue weighted by molar-refractivity contribution is 0.121. The molecule has 1 heterocycles. The van der Waals surface area contributed by atoms with Crippen LogP contribution < -0.4 is 5.32 Å². The van der Waals surface area contributed by atoms with Gasteiger partial charge in [0, 0.05) is 6.04 Å². The molecule has 0 aromatic rings. The quantitative estimate of drug-likeness (QED) is 0.737. The number of hydrogen-bond donors (Lipinski definition) is 1. The molecule has 1 unspecified atom stereocenters. The van der Waals surface area contributed by atoms with Crippen LogP contribution in [0.2, 0.25) is 0 Å². The second-order valence-electron chi connectivity index (χ2n) is 7.96. The van der Waals surface area contributed by atoms with E-state index in [-0.39, 0.29) is 0 Å². The molecule has 2 rings (SSSR count). The first-order valence-electron chi connectivity index (χ1n) is 8.77. The fraction of sp³-hybridized carbons (Fsp3) is 1.00. The number of hydrogen-bond acceptors (Lipinski definition) is 1. The van der Waals surface area contributed by atoms with Crippen molar-refractivity contribution in [3.8, 4) is 0 Å². The minimum Gasteiger partial charge on any atom is -0.313 e. The first-order valence-corrected chi connectivity index (χ1v) is 8.77. The minimum absolute atomic E-state index is 0.591. The van der Waals surface area contributed by atoms with Gasteiger partial charge in [0.1, 0.15) is 0 Å². The van der Waals surface area contributed by atoms with Crippen LogP contribution >= 0.6 is 0 Å². The van der Waals surface area contributed by atoms with Gasteiger partial charge in [-0.15, -0.1) is 0 Å². The van der Waals surface area contributed by atoms with Gasteiger partial charge >= 0.3 is 0 Å². The van der Waals surface area contributed by atoms with Crippen LogP contribution in [0.25, 0.3) is 0 Å². The zero-order chi connectivity index (χ0) is 13.9. The van der Waals surface area contributed by atoms with E-state index in [4.69, 9.17) is 0 Å². The smallest absolute Gasteiger partial charge is 0.0124 e. The summed E-state index contributed by atoms with van der Waals surface area (Å²) in [6.45, 7) is 11.1. The van der Waals surface area contributed by atoms with Crippen molar-refractivity contribution in [2.24, 2.45) is 23.2 Å². The zero-order valence-electron chi connectivity index (χ0n) is 13.7. The predicted octanol–water partition coefficient (Wildman–Crippen LogP) is 5.01. The largest absolute Gasteiger partial charge is 0.313 e. The predicted molar refractivity (Wildman–Crippen MR) is 84.3 cm³/mol. The van der Waals surface area contributed by atoms with Gasteiger partial charge in [-0.25, -0.2) is 0 Å². The summed E-state index contributed by atoms with van der Waals surface area (Å²) in [6.07, 6.45) is 11.5. The van der Waals surface area contributed by atoms with E-state index in [0.29, 0.717) is 5.41 Å². The molecule has 1 heteroatoms. The van der Waals surface area contributed by atoms with Crippen LogP contribution in [-0.2, 0) is 0 Å². The summed E-state index contributed by atoms with van der Waals surface area (Å²) in [5.41, 5.74) is 0.591. The molecule has 0 spiro atoms. The number of rotatable bonds is 5. The normalized spacial score (nSPS) is 37.1. The van der Waals surface area contributed by atoms with Crippen molar-refractivity contribution in [2.45, 2.75) is 85.1 Å². The standard InChI is InChI=1S/C18H35N/c1-14(2)8-7-9-15(3)16-10-11-17-18(16,4)12-5-6-13-19-17/h14-17,19H,5-13H2,1-4H3/t15?,16-,17-,18-/m1/s1. The van der Waals surface area contributed by atoms with Gasteiger partial charge in [0.15, 0.2) is 0 Å². The van der Waals surface area contributed by atoms with Crippen LogP contribution in [0.3, 0.4) is 0 Å². The molecule has 1 saturated carbocycles. The lowest BCUT2D eigenvalue weighted by Crippen LogP contribution is -2.42. The van der Waals surface area contributed by atoms with Gasteiger partial charge < -0.3 is 5.32 Å². The highest BCUT2D eigenvalue weighted by Crippen LogP contribution is 2.51. The maximum atomic E-state index is 3.84. The second kappa shape index (κ2) is 6.61. The Balaban J connectivity index is 1.91. The van der Waals surface area contributed by atoms with E-state index in [9.17, 15) is 0 Å². The lowest BCUT2D eigenvalue weighted by atomic mass is 9.68. The van der Waals surface area contributed by atoms with Crippen molar-refractivity contribution >= 4 is 0 Å². The molecule has 0 aromatic heterocycles. The van der Waals surface area contributed by atoms with Crippen molar-refractivity contribution in [3.63, 3.8) is 0 Å². The Morgan fingerprint density at radius 2 is 1.89 bits per heavy atom. The van der Waals surface area contributed by atoms with Gasteiger partial charge in [0.05, 0.1) is 0 Å². The van der Waals surface area contributed by atoms with Gasteiger partial charge in [0.2, 0.25) is 0 Å². The second-order valence-corrected chi connectivity index (χ2v) is 7.96. The van der Waals surface area contributed by atoms with Crippen molar-refractivity contribution < 1.29 is 0 Å². The summed E-state index contributed by atoms with van der Waals surface area (Å²) in [6, 6.07) is 0.813. The number of fused-ring (bicyclic) bond motifs is 1. The molecule has 19 heavy (non-hydrogen) atoms. The molecule has 1 saturated heterocycles. The van der Waals surface area contributed by atoms with Gasteiger partial charge in [-0.05, 0) is 55.4 Å². The lowest BCUT2D eigenvalue weighted by Gasteiger charge is -2.39. The molecule has 1 N–H and O–H groups in total. The Morgan fingerprint density at radius 3 is 2.63 bits per heavy atom. The molecule has 112 valence electrons. The minimum atomic E-state index is 0.591. The Morgan fingerprint density at radius 1 is 1.11 bits per heavy atom. The first-order chi connectivity index (χ1) is 9.04. The van der Waals surface area contributed by atoms with E-state index in [1.54, 1.807) is 0 Å². The van der Waals surface area contributed by atoms with E-state index in [2.05, 4.69) is 33.0 Å². The van der Waals surface area contributed by atoms with Crippen LogP contribution in [0.5, 0.6) is 0 Å². The Bertz CT molecular complexity index is 273. The van der Waals surface area contributed by atoms with Crippen LogP contribution in [0, 0.1) is 23.2 Å². The van der Waals surface area contributed by atoms with Crippen LogP contribution in [0.15, 0.2) is 0 Å². The molecule has 4 atom stereocenters. The maximum Gasteiger partial charge on any atom is 0.0124 e. The molecule has 1 nitrogen and oxygen atoms in total. The van der Waals surface area contributed by atoms with Crippen LogP contribution in [-0.4, -0.2) is 12.6 Å². The average molecular weight is 265 g/mol. The Kier molecular flexibility index (Phi) is 5.34. The summed E-state index contributed by atoms with van der Waals surface area (Å²) in [4.78, 5) is 0. The topological polar surface area (TPSA) is 12.0 Å².